The van der Waals surface area contributed by atoms with Gasteiger partial charge in [0.2, 0.25) is 0 Å². The van der Waals surface area contributed by atoms with E-state index in [9.17, 15) is 4.79 Å². The van der Waals surface area contributed by atoms with Gasteiger partial charge in [-0.1, -0.05) is 0 Å². The molecule has 14 heavy (non-hydrogen) atoms. The molecule has 2 aromatic heterocycles. The summed E-state index contributed by atoms with van der Waals surface area (Å²) in [4.78, 5) is 17.8. The number of pyridine rings is 1. The molecule has 0 fully saturated rings. The number of aromatic amines is 1. The first-order chi connectivity index (χ1) is 6.18. The molecule has 0 radical (unpaired) electrons. The number of hydrogen-bond donors (Lipinski definition) is 2. The molecule has 0 aliphatic carbocycles. The van der Waals surface area contributed by atoms with Gasteiger partial charge in [-0.05, 0) is 17.1 Å². The number of H-pyrrole nitrogens is 1. The van der Waals surface area contributed by atoms with Crippen molar-refractivity contribution in [1.29, 1.82) is 0 Å². The first kappa shape index (κ1) is 10.5. The van der Waals surface area contributed by atoms with E-state index in [2.05, 4.69) is 9.97 Å². The second kappa shape index (κ2) is 3.63. The average Bonchev–Trinajstić information content (AvgIpc) is 2.07. The van der Waals surface area contributed by atoms with Gasteiger partial charge in [0.05, 0.1) is 13.2 Å². The normalized spacial score (nSPS) is 9.79. The second-order valence-corrected chi connectivity index (χ2v) is 2.81. The number of nitrogens with zero attached hydrogens (tertiary/aromatic N) is 2. The predicted molar refractivity (Wildman–Crippen MR) is 48.0 cm³/mol. The van der Waals surface area contributed by atoms with E-state index in [-0.39, 0.29) is 23.9 Å². The maximum absolute atomic E-state index is 11.4. The number of hydrogen-bond acceptors (Lipinski definition) is 3. The fourth-order valence-electron chi connectivity index (χ4n) is 1.25. The van der Waals surface area contributed by atoms with E-state index in [1.54, 1.807) is 16.7 Å². The molecule has 5 nitrogen and oxygen atoms in total. The summed E-state index contributed by atoms with van der Waals surface area (Å²) in [5.41, 5.74) is 5.79. The third-order valence-electron chi connectivity index (χ3n) is 1.86. The summed E-state index contributed by atoms with van der Waals surface area (Å²) >= 11 is 0. The topological polar surface area (TPSA) is 75.6 Å². The molecule has 2 aromatic rings. The van der Waals surface area contributed by atoms with Gasteiger partial charge in [-0.25, -0.2) is 4.57 Å². The minimum Gasteiger partial charge on any atom is -1.00 e. The molecule has 0 bridgehead atoms. The van der Waals surface area contributed by atoms with Crippen molar-refractivity contribution in [3.05, 3.63) is 28.7 Å². The molecule has 0 atom stereocenters. The number of aryl methyl sites for hydroxylation is 1. The number of fused-ring (bicyclic) bond motifs is 1. The lowest BCUT2D eigenvalue weighted by Gasteiger charge is -1.93. The van der Waals surface area contributed by atoms with Crippen molar-refractivity contribution < 1.29 is 17.0 Å². The summed E-state index contributed by atoms with van der Waals surface area (Å²) in [5.74, 6) is 0.138. The zero-order valence-electron chi connectivity index (χ0n) is 7.49. The van der Waals surface area contributed by atoms with Crippen molar-refractivity contribution in [2.45, 2.75) is 0 Å². The molecule has 0 spiro atoms. The van der Waals surface area contributed by atoms with E-state index in [0.29, 0.717) is 11.0 Å². The molecule has 0 unspecified atom stereocenters. The number of aromatic nitrogens is 3. The van der Waals surface area contributed by atoms with E-state index in [0.717, 1.165) is 0 Å². The summed E-state index contributed by atoms with van der Waals surface area (Å²) < 4.78 is 1.75. The molecule has 0 amide bonds. The number of anilines is 1. The van der Waals surface area contributed by atoms with E-state index in [1.165, 1.54) is 0 Å². The Bertz CT molecular complexity index is 522. The zero-order chi connectivity index (χ0) is 9.42. The maximum Gasteiger partial charge on any atom is 0.340 e. The highest BCUT2D eigenvalue weighted by atomic mass is 35.5. The van der Waals surface area contributed by atoms with Gasteiger partial charge in [0.15, 0.2) is 0 Å². The molecule has 0 saturated heterocycles. The molecule has 6 heteroatoms. The Hall–Kier alpha value is -1.62. The molecule has 0 aliphatic rings. The summed E-state index contributed by atoms with van der Waals surface area (Å²) in [6.45, 7) is 0. The van der Waals surface area contributed by atoms with Gasteiger partial charge in [-0.15, -0.1) is 0 Å². The lowest BCUT2D eigenvalue weighted by molar-refractivity contribution is -0.646. The Kier molecular flexibility index (Phi) is 2.71. The van der Waals surface area contributed by atoms with E-state index >= 15 is 0 Å². The summed E-state index contributed by atoms with van der Waals surface area (Å²) in [7, 11) is 1.81. The standard InChI is InChI=1S/C8H8N4O.ClH/c1-12-4-2-3-5-6(12)10-8(9)11-7(5)13;/h2-4H,1H3,(H2,9,11,13);1H. The molecule has 0 saturated carbocycles. The third-order valence-corrected chi connectivity index (χ3v) is 1.86. The Morgan fingerprint density at radius 1 is 1.57 bits per heavy atom. The SMILES string of the molecule is C[n+]1cccc2c(=O)[nH]c(N)nc21.[Cl-]. The van der Waals surface area contributed by atoms with Crippen LogP contribution in [0.2, 0.25) is 0 Å². The van der Waals surface area contributed by atoms with Crippen LogP contribution >= 0.6 is 0 Å². The van der Waals surface area contributed by atoms with Gasteiger partial charge in [-0.2, -0.15) is 0 Å². The minimum atomic E-state index is -0.210. The molecule has 0 aliphatic heterocycles. The van der Waals surface area contributed by atoms with E-state index in [4.69, 9.17) is 5.73 Å². The van der Waals surface area contributed by atoms with Crippen LogP contribution in [0.15, 0.2) is 23.1 Å². The van der Waals surface area contributed by atoms with Crippen LogP contribution in [0.25, 0.3) is 11.0 Å². The van der Waals surface area contributed by atoms with Crippen LogP contribution in [0.5, 0.6) is 0 Å². The fourth-order valence-corrected chi connectivity index (χ4v) is 1.25. The second-order valence-electron chi connectivity index (χ2n) is 2.81. The Balaban J connectivity index is 0.000000980. The highest BCUT2D eigenvalue weighted by Gasteiger charge is 2.11. The van der Waals surface area contributed by atoms with Crippen molar-refractivity contribution in [2.75, 3.05) is 5.73 Å². The highest BCUT2D eigenvalue weighted by Crippen LogP contribution is 1.99. The number of nitrogens with two attached hydrogens (primary N) is 1. The van der Waals surface area contributed by atoms with Crippen molar-refractivity contribution in [1.82, 2.24) is 9.97 Å². The quantitative estimate of drug-likeness (QED) is 0.442. The van der Waals surface area contributed by atoms with Crippen molar-refractivity contribution >= 4 is 17.0 Å². The Labute approximate surface area is 86.0 Å². The van der Waals surface area contributed by atoms with Crippen molar-refractivity contribution in [2.24, 2.45) is 7.05 Å². The highest BCUT2D eigenvalue weighted by molar-refractivity contribution is 5.70. The van der Waals surface area contributed by atoms with Crippen LogP contribution in [0.3, 0.4) is 0 Å². The smallest absolute Gasteiger partial charge is 0.340 e. The number of halogens is 1. The van der Waals surface area contributed by atoms with Crippen LogP contribution in [0.4, 0.5) is 5.95 Å². The first-order valence-corrected chi connectivity index (χ1v) is 3.82. The van der Waals surface area contributed by atoms with E-state index in [1.807, 2.05) is 13.2 Å². The van der Waals surface area contributed by atoms with Crippen LogP contribution in [0, 0.1) is 0 Å². The van der Waals surface area contributed by atoms with E-state index < -0.39 is 0 Å². The number of nitrogens with one attached hydrogen (secondary N) is 1. The monoisotopic (exact) mass is 212 g/mol. The average molecular weight is 213 g/mol. The Morgan fingerprint density at radius 2 is 2.29 bits per heavy atom. The molecule has 3 N–H and O–H groups in total. The Morgan fingerprint density at radius 3 is 3.00 bits per heavy atom. The largest absolute Gasteiger partial charge is 1.00 e. The zero-order valence-corrected chi connectivity index (χ0v) is 8.25. The van der Waals surface area contributed by atoms with Crippen LogP contribution in [-0.4, -0.2) is 9.97 Å². The van der Waals surface area contributed by atoms with Gasteiger partial charge in [0.25, 0.3) is 5.56 Å². The molecular formula is C8H9ClN4O. The third kappa shape index (κ3) is 1.54. The molecule has 2 rings (SSSR count). The van der Waals surface area contributed by atoms with Gasteiger partial charge in [0, 0.05) is 0 Å². The van der Waals surface area contributed by atoms with Gasteiger partial charge >= 0.3 is 11.6 Å². The maximum atomic E-state index is 11.4. The number of rotatable bonds is 0. The molecule has 74 valence electrons. The summed E-state index contributed by atoms with van der Waals surface area (Å²) in [5, 5.41) is 0.541. The van der Waals surface area contributed by atoms with Crippen LogP contribution in [0.1, 0.15) is 0 Å². The van der Waals surface area contributed by atoms with Crippen LogP contribution < -0.4 is 28.3 Å². The van der Waals surface area contributed by atoms with Crippen LogP contribution in [-0.2, 0) is 7.05 Å². The summed E-state index contributed by atoms with van der Waals surface area (Å²) in [6.07, 6.45) is 1.81. The van der Waals surface area contributed by atoms with Crippen molar-refractivity contribution in [3.63, 3.8) is 0 Å². The molecule has 0 aromatic carbocycles. The lowest BCUT2D eigenvalue weighted by Crippen LogP contribution is -3.00. The number of nitrogen functional groups attached to an aromatic ring is 1. The summed E-state index contributed by atoms with van der Waals surface area (Å²) in [6, 6.07) is 3.50. The lowest BCUT2D eigenvalue weighted by atomic mass is 10.3. The minimum absolute atomic E-state index is 0. The van der Waals surface area contributed by atoms with Gasteiger partial charge < -0.3 is 18.1 Å². The van der Waals surface area contributed by atoms with Crippen molar-refractivity contribution in [3.8, 4) is 0 Å². The molecular weight excluding hydrogens is 204 g/mol. The van der Waals surface area contributed by atoms with Gasteiger partial charge in [-0.3, -0.25) is 9.78 Å². The predicted octanol–water partition coefficient (Wildman–Crippen LogP) is -3.67. The van der Waals surface area contributed by atoms with Gasteiger partial charge in [0.1, 0.15) is 5.39 Å². The fraction of sp³-hybridized carbons (Fsp3) is 0.125. The molecule has 2 heterocycles. The first-order valence-electron chi connectivity index (χ1n) is 3.82.